The van der Waals surface area contributed by atoms with Crippen molar-refractivity contribution < 1.29 is 23.2 Å². The maximum Gasteiger partial charge on any atom is 0.236 e. The number of ether oxygens (including phenoxy) is 1. The Kier molecular flexibility index (Phi) is 9.21. The number of hydrogen-bond acceptors (Lipinski definition) is 7. The average molecular weight is 564 g/mol. The predicted molar refractivity (Wildman–Crippen MR) is 152 cm³/mol. The molecule has 0 bridgehead atoms. The molecule has 38 heavy (non-hydrogen) atoms. The highest BCUT2D eigenvalue weighted by molar-refractivity contribution is 8.15. The maximum atomic E-state index is 14.3. The quantitative estimate of drug-likeness (QED) is 0.335. The van der Waals surface area contributed by atoms with Crippen molar-refractivity contribution in [1.82, 2.24) is 9.62 Å². The molecule has 0 saturated heterocycles. The Bertz CT molecular complexity index is 1270. The third kappa shape index (κ3) is 7.09. The third-order valence-corrected chi connectivity index (χ3v) is 10.1. The summed E-state index contributed by atoms with van der Waals surface area (Å²) in [4.78, 5) is 15.5. The van der Waals surface area contributed by atoms with E-state index in [1.165, 1.54) is 12.1 Å². The number of carbonyl (C=O) groups is 1. The third-order valence-electron chi connectivity index (χ3n) is 6.32. The van der Waals surface area contributed by atoms with Crippen LogP contribution < -0.4 is 9.46 Å². The lowest BCUT2D eigenvalue weighted by Gasteiger charge is -2.27. The fraction of sp³-hybridized carbons (Fsp3) is 0.464. The summed E-state index contributed by atoms with van der Waals surface area (Å²) < 4.78 is 43.5. The summed E-state index contributed by atoms with van der Waals surface area (Å²) in [6.07, 6.45) is 1.59. The first-order valence-electron chi connectivity index (χ1n) is 12.5. The second-order valence-corrected chi connectivity index (χ2v) is 13.9. The zero-order valence-electron chi connectivity index (χ0n) is 23.0. The van der Waals surface area contributed by atoms with Gasteiger partial charge in [0.1, 0.15) is 11.6 Å². The first kappa shape index (κ1) is 30.0. The van der Waals surface area contributed by atoms with Crippen molar-refractivity contribution in [2.75, 3.05) is 7.11 Å². The van der Waals surface area contributed by atoms with E-state index in [2.05, 4.69) is 4.72 Å². The highest BCUT2D eigenvalue weighted by atomic mass is 32.3. The van der Waals surface area contributed by atoms with E-state index in [4.69, 9.17) is 9.52 Å². The van der Waals surface area contributed by atoms with Crippen LogP contribution in [0.25, 0.3) is 0 Å². The predicted octanol–water partition coefficient (Wildman–Crippen LogP) is 5.85. The molecule has 0 spiro atoms. The molecule has 3 rings (SSSR count). The molecule has 0 aromatic heterocycles. The number of nitrogens with zero attached hydrogens (tertiary/aromatic N) is 1. The number of thioether (sulfide) groups is 1. The molecule has 0 aliphatic carbocycles. The van der Waals surface area contributed by atoms with Crippen LogP contribution in [0.4, 0.5) is 4.39 Å². The van der Waals surface area contributed by atoms with Gasteiger partial charge in [0.2, 0.25) is 5.91 Å². The summed E-state index contributed by atoms with van der Waals surface area (Å²) in [6.45, 7) is 11.3. The lowest BCUT2D eigenvalue weighted by Crippen LogP contribution is -2.42. The average Bonchev–Trinajstić information content (AvgIpc) is 3.25. The molecule has 1 aliphatic rings. The van der Waals surface area contributed by atoms with E-state index in [1.807, 2.05) is 52.0 Å². The van der Waals surface area contributed by atoms with Crippen molar-refractivity contribution in [3.8, 4) is 5.75 Å². The number of rotatable bonds is 10. The van der Waals surface area contributed by atoms with Gasteiger partial charge in [0.15, 0.2) is 14.6 Å². The largest absolute Gasteiger partial charge is 0.497 e. The molecule has 208 valence electrons. The minimum absolute atomic E-state index is 0.0183. The van der Waals surface area contributed by atoms with Crippen molar-refractivity contribution in [2.45, 2.75) is 76.7 Å². The highest BCUT2D eigenvalue weighted by Crippen LogP contribution is 2.42. The number of benzene rings is 2. The smallest absolute Gasteiger partial charge is 0.236 e. The molecule has 1 aliphatic heterocycles. The summed E-state index contributed by atoms with van der Waals surface area (Å²) >= 11 is 1.11. The van der Waals surface area contributed by atoms with Gasteiger partial charge >= 0.3 is 0 Å². The van der Waals surface area contributed by atoms with Crippen LogP contribution in [0.2, 0.25) is 0 Å². The van der Waals surface area contributed by atoms with Gasteiger partial charge < -0.3 is 14.7 Å². The molecule has 3 N–H and O–H groups in total. The standard InChI is InChI=1S/C28H38FN3O4S2/c1-17(2)22-12-20(29)13-23(18(3)4)24(22)14-26(33)31-38(30,35)27-32(16-25(37-27)28(5,6)34)15-19-8-10-21(36-7)11-9-19/h8-13,16-18,27,34H,14-15H2,1-7H3,(H2,30,31,33,35). The number of amides is 1. The maximum absolute atomic E-state index is 14.3. The molecule has 10 heteroatoms. The molecule has 0 fully saturated rings. The minimum Gasteiger partial charge on any atom is -0.497 e. The molecule has 1 heterocycles. The number of nitrogens with one attached hydrogen (secondary N) is 2. The van der Waals surface area contributed by atoms with Gasteiger partial charge in [-0.05, 0) is 72.2 Å². The van der Waals surface area contributed by atoms with Crippen LogP contribution in [-0.4, -0.2) is 37.5 Å². The van der Waals surface area contributed by atoms with Gasteiger partial charge in [0.05, 0.1) is 19.1 Å². The highest BCUT2D eigenvalue weighted by Gasteiger charge is 2.39. The van der Waals surface area contributed by atoms with Crippen LogP contribution >= 0.6 is 11.8 Å². The molecule has 0 radical (unpaired) electrons. The second-order valence-electron chi connectivity index (χ2n) is 10.7. The van der Waals surface area contributed by atoms with Crippen LogP contribution in [-0.2, 0) is 27.7 Å². The SMILES string of the molecule is COc1ccc(CN2C=C(C(C)(C)O)SC2S(=N)(=O)NC(=O)Cc2c(C(C)C)cc(F)cc2C(C)C)cc1. The Morgan fingerprint density at radius 1 is 1.18 bits per heavy atom. The first-order valence-corrected chi connectivity index (χ1v) is 15.0. The van der Waals surface area contributed by atoms with Crippen LogP contribution in [0.3, 0.4) is 0 Å². The van der Waals surface area contributed by atoms with Gasteiger partial charge in [-0.3, -0.25) is 9.52 Å². The van der Waals surface area contributed by atoms with Crippen molar-refractivity contribution >= 4 is 27.6 Å². The van der Waals surface area contributed by atoms with E-state index in [0.29, 0.717) is 22.8 Å². The lowest BCUT2D eigenvalue weighted by molar-refractivity contribution is -0.118. The number of halogens is 1. The Morgan fingerprint density at radius 2 is 1.74 bits per heavy atom. The van der Waals surface area contributed by atoms with Crippen LogP contribution in [0, 0.1) is 10.6 Å². The van der Waals surface area contributed by atoms with Gasteiger partial charge in [-0.25, -0.2) is 13.4 Å². The van der Waals surface area contributed by atoms with Crippen molar-refractivity contribution in [3.05, 3.63) is 75.6 Å². The number of aliphatic hydroxyl groups is 1. The zero-order chi connectivity index (χ0) is 28.4. The Morgan fingerprint density at radius 3 is 2.21 bits per heavy atom. The van der Waals surface area contributed by atoms with E-state index in [9.17, 15) is 18.5 Å². The molecular weight excluding hydrogens is 525 g/mol. The molecule has 7 nitrogen and oxygen atoms in total. The van der Waals surface area contributed by atoms with E-state index >= 15 is 0 Å². The van der Waals surface area contributed by atoms with Gasteiger partial charge in [0, 0.05) is 17.6 Å². The van der Waals surface area contributed by atoms with Crippen molar-refractivity contribution in [3.63, 3.8) is 0 Å². The first-order chi connectivity index (χ1) is 17.6. The molecule has 2 unspecified atom stereocenters. The molecule has 1 amide bonds. The number of methoxy groups -OCH3 is 1. The fourth-order valence-corrected chi connectivity index (χ4v) is 7.37. The fourth-order valence-electron chi connectivity index (χ4n) is 4.37. The number of hydrogen-bond donors (Lipinski definition) is 3. The summed E-state index contributed by atoms with van der Waals surface area (Å²) in [5, 5.41) is 10.6. The van der Waals surface area contributed by atoms with Gasteiger partial charge in [0.25, 0.3) is 0 Å². The van der Waals surface area contributed by atoms with E-state index < -0.39 is 26.1 Å². The van der Waals surface area contributed by atoms with Crippen LogP contribution in [0.15, 0.2) is 47.5 Å². The summed E-state index contributed by atoms with van der Waals surface area (Å²) in [5.41, 5.74) is 1.84. The summed E-state index contributed by atoms with van der Waals surface area (Å²) in [6, 6.07) is 10.3. The molecular formula is C28H38FN3O4S2. The summed E-state index contributed by atoms with van der Waals surface area (Å²) in [5.74, 6) is -0.257. The molecule has 2 atom stereocenters. The Labute approximate surface area is 230 Å². The van der Waals surface area contributed by atoms with Crippen LogP contribution in [0.1, 0.15) is 75.6 Å². The minimum atomic E-state index is -3.70. The molecule has 2 aromatic carbocycles. The Balaban J connectivity index is 1.87. The normalized spacial score (nSPS) is 17.5. The van der Waals surface area contributed by atoms with Gasteiger partial charge in [-0.15, -0.1) is 0 Å². The van der Waals surface area contributed by atoms with Crippen molar-refractivity contribution in [1.29, 1.82) is 4.78 Å². The van der Waals surface area contributed by atoms with E-state index in [1.54, 1.807) is 32.1 Å². The van der Waals surface area contributed by atoms with Gasteiger partial charge in [-0.2, -0.15) is 0 Å². The van der Waals surface area contributed by atoms with E-state index in [-0.39, 0.29) is 24.1 Å². The zero-order valence-corrected chi connectivity index (χ0v) is 24.6. The molecule has 2 aromatic rings. The number of carbonyl (C=O) groups excluding carboxylic acids is 1. The van der Waals surface area contributed by atoms with Crippen LogP contribution in [0.5, 0.6) is 5.75 Å². The van der Waals surface area contributed by atoms with Crippen molar-refractivity contribution in [2.24, 2.45) is 0 Å². The van der Waals surface area contributed by atoms with E-state index in [0.717, 1.165) is 28.5 Å². The molecule has 0 saturated carbocycles. The van der Waals surface area contributed by atoms with Gasteiger partial charge in [-0.1, -0.05) is 51.6 Å². The summed E-state index contributed by atoms with van der Waals surface area (Å²) in [7, 11) is -2.12. The monoisotopic (exact) mass is 563 g/mol. The Hall–Kier alpha value is -2.56. The lowest BCUT2D eigenvalue weighted by atomic mass is 9.87. The second kappa shape index (κ2) is 11.7. The topological polar surface area (TPSA) is 103 Å².